The van der Waals surface area contributed by atoms with Gasteiger partial charge in [-0.25, -0.2) is 0 Å². The molecule has 4 N–H and O–H groups in total. The van der Waals surface area contributed by atoms with Crippen LogP contribution in [0.5, 0.6) is 0 Å². The summed E-state index contributed by atoms with van der Waals surface area (Å²) in [5, 5.41) is 11.0. The minimum absolute atomic E-state index is 0.589. The zero-order valence-electron chi connectivity index (χ0n) is 13.1. The molecule has 0 amide bonds. The molecular weight excluding hydrogens is 264 g/mol. The summed E-state index contributed by atoms with van der Waals surface area (Å²) in [7, 11) is -2.81. The van der Waals surface area contributed by atoms with Crippen molar-refractivity contribution >= 4 is 26.5 Å². The SMILES string of the molecule is CCO[SiH2]OCC.C[Si](C)(C)N.C[Si](C)(C)N. The van der Waals surface area contributed by atoms with Gasteiger partial charge in [0.05, 0.1) is 0 Å². The molecule has 7 heteroatoms. The van der Waals surface area contributed by atoms with Crippen LogP contribution in [0, 0.1) is 0 Å². The van der Waals surface area contributed by atoms with E-state index in [1.54, 1.807) is 0 Å². The van der Waals surface area contributed by atoms with Gasteiger partial charge >= 0.3 is 10.0 Å². The Bertz CT molecular complexity index is 119. The predicted octanol–water partition coefficient (Wildman–Crippen LogP) is 1.62. The van der Waals surface area contributed by atoms with Crippen LogP contribution < -0.4 is 10.8 Å². The second-order valence-electron chi connectivity index (χ2n) is 5.84. The molecule has 0 aliphatic rings. The summed E-state index contributed by atoms with van der Waals surface area (Å²) in [6.45, 7) is 18.2. The minimum Gasteiger partial charge on any atom is -0.399 e. The van der Waals surface area contributed by atoms with E-state index in [0.717, 1.165) is 13.2 Å². The smallest absolute Gasteiger partial charge is 0.304 e. The second-order valence-corrected chi connectivity index (χ2v) is 16.4. The normalized spacial score (nSPS) is 10.9. The van der Waals surface area contributed by atoms with E-state index in [9.17, 15) is 0 Å². The van der Waals surface area contributed by atoms with E-state index in [-0.39, 0.29) is 0 Å². The summed E-state index contributed by atoms with van der Waals surface area (Å²) in [5.74, 6) is 0. The highest BCUT2D eigenvalue weighted by Gasteiger charge is 2.00. The Kier molecular flexibility index (Phi) is 17.2. The molecule has 0 saturated heterocycles. The highest BCUT2D eigenvalue weighted by atomic mass is 28.3. The first-order valence-corrected chi connectivity index (χ1v) is 14.5. The Balaban J connectivity index is -0.000000177. The Morgan fingerprint density at radius 2 is 0.941 bits per heavy atom. The lowest BCUT2D eigenvalue weighted by Gasteiger charge is -2.02. The van der Waals surface area contributed by atoms with Gasteiger partial charge in [-0.05, 0) is 13.8 Å². The van der Waals surface area contributed by atoms with Gasteiger partial charge in [-0.2, -0.15) is 0 Å². The molecule has 108 valence electrons. The van der Waals surface area contributed by atoms with Gasteiger partial charge in [-0.3, -0.25) is 0 Å². The molecule has 17 heavy (non-hydrogen) atoms. The van der Waals surface area contributed by atoms with Crippen molar-refractivity contribution < 1.29 is 8.85 Å². The van der Waals surface area contributed by atoms with Gasteiger partial charge in [0.2, 0.25) is 0 Å². The monoisotopic (exact) mass is 298 g/mol. The van der Waals surface area contributed by atoms with Crippen LogP contribution in [-0.2, 0) is 8.85 Å². The molecule has 0 aromatic rings. The van der Waals surface area contributed by atoms with E-state index in [0.29, 0.717) is 0 Å². The molecule has 0 spiro atoms. The third kappa shape index (κ3) is 172. The van der Waals surface area contributed by atoms with Crippen molar-refractivity contribution in [1.82, 2.24) is 0 Å². The topological polar surface area (TPSA) is 70.5 Å². The van der Waals surface area contributed by atoms with E-state index in [1.807, 2.05) is 13.8 Å². The van der Waals surface area contributed by atoms with Crippen molar-refractivity contribution in [2.45, 2.75) is 53.1 Å². The summed E-state index contributed by atoms with van der Waals surface area (Å²) in [6.07, 6.45) is 0. The molecule has 0 radical (unpaired) electrons. The molecule has 0 rings (SSSR count). The molecule has 0 aliphatic heterocycles. The standard InChI is InChI=1S/C4H12O2Si.2C3H11NSi/c1-3-5-7-6-4-2;2*1-5(2,3)4/h3-4,7H2,1-2H3;2*4H2,1-3H3. The van der Waals surface area contributed by atoms with Crippen molar-refractivity contribution in [2.24, 2.45) is 10.8 Å². The molecule has 0 aromatic carbocycles. The summed E-state index contributed by atoms with van der Waals surface area (Å²) in [6, 6.07) is 0. The molecule has 0 fully saturated rings. The average molecular weight is 299 g/mol. The van der Waals surface area contributed by atoms with Crippen LogP contribution >= 0.6 is 0 Å². The lowest BCUT2D eigenvalue weighted by atomic mass is 10.9. The van der Waals surface area contributed by atoms with E-state index in [1.165, 1.54) is 0 Å². The lowest BCUT2D eigenvalue weighted by Crippen LogP contribution is -2.33. The maximum atomic E-state index is 5.49. The van der Waals surface area contributed by atoms with Gasteiger partial charge in [0.15, 0.2) is 0 Å². The maximum Gasteiger partial charge on any atom is 0.304 e. The van der Waals surface area contributed by atoms with E-state index < -0.39 is 26.5 Å². The average Bonchev–Trinajstić information content (AvgIpc) is 1.99. The highest BCUT2D eigenvalue weighted by molar-refractivity contribution is 6.73. The van der Waals surface area contributed by atoms with Gasteiger partial charge in [0.25, 0.3) is 0 Å². The Labute approximate surface area is 113 Å². The highest BCUT2D eigenvalue weighted by Crippen LogP contribution is 1.84. The molecule has 0 unspecified atom stereocenters. The zero-order valence-corrected chi connectivity index (χ0v) is 16.5. The van der Waals surface area contributed by atoms with Crippen molar-refractivity contribution in [2.75, 3.05) is 13.2 Å². The molecular formula is C10H34N2O2Si3. The van der Waals surface area contributed by atoms with Crippen LogP contribution in [-0.4, -0.2) is 39.7 Å². The molecule has 0 aliphatic carbocycles. The predicted molar refractivity (Wildman–Crippen MR) is 86.9 cm³/mol. The Morgan fingerprint density at radius 3 is 1.06 bits per heavy atom. The van der Waals surface area contributed by atoms with Crippen molar-refractivity contribution in [3.05, 3.63) is 0 Å². The van der Waals surface area contributed by atoms with Crippen LogP contribution in [0.4, 0.5) is 0 Å². The van der Waals surface area contributed by atoms with Gasteiger partial charge in [0, 0.05) is 13.2 Å². The lowest BCUT2D eigenvalue weighted by molar-refractivity contribution is 0.240. The fraction of sp³-hybridized carbons (Fsp3) is 1.00. The van der Waals surface area contributed by atoms with E-state index >= 15 is 0 Å². The van der Waals surface area contributed by atoms with Crippen LogP contribution in [0.15, 0.2) is 0 Å². The minimum atomic E-state index is -1.11. The van der Waals surface area contributed by atoms with Crippen molar-refractivity contribution in [3.63, 3.8) is 0 Å². The van der Waals surface area contributed by atoms with Crippen LogP contribution in [0.3, 0.4) is 0 Å². The van der Waals surface area contributed by atoms with Crippen molar-refractivity contribution in [3.8, 4) is 0 Å². The number of hydrogen-bond donors (Lipinski definition) is 2. The number of nitrogens with two attached hydrogens (primary N) is 2. The third-order valence-corrected chi connectivity index (χ3v) is 1.72. The fourth-order valence-electron chi connectivity index (χ4n) is 0.226. The largest absolute Gasteiger partial charge is 0.399 e. The number of hydrogen-bond acceptors (Lipinski definition) is 4. The van der Waals surface area contributed by atoms with Gasteiger partial charge in [-0.15, -0.1) is 0 Å². The molecule has 0 atom stereocenters. The molecule has 0 heterocycles. The quantitative estimate of drug-likeness (QED) is 0.611. The second kappa shape index (κ2) is 12.9. The van der Waals surface area contributed by atoms with Crippen LogP contribution in [0.1, 0.15) is 13.8 Å². The van der Waals surface area contributed by atoms with Crippen LogP contribution in [0.2, 0.25) is 39.3 Å². The zero-order chi connectivity index (χ0) is 14.5. The van der Waals surface area contributed by atoms with E-state index in [4.69, 9.17) is 19.7 Å². The molecule has 4 nitrogen and oxygen atoms in total. The van der Waals surface area contributed by atoms with Crippen LogP contribution in [0.25, 0.3) is 0 Å². The summed E-state index contributed by atoms with van der Waals surface area (Å²) in [5.41, 5.74) is 0. The number of rotatable bonds is 4. The Hall–Kier alpha value is 0.491. The third-order valence-electron chi connectivity index (χ3n) is 0.575. The maximum absolute atomic E-state index is 5.49. The molecule has 0 saturated carbocycles. The summed E-state index contributed by atoms with van der Waals surface area (Å²) in [4.78, 5) is 0. The van der Waals surface area contributed by atoms with Gasteiger partial charge < -0.3 is 19.7 Å². The first-order valence-electron chi connectivity index (χ1n) is 6.15. The first-order chi connectivity index (χ1) is 7.41. The Morgan fingerprint density at radius 1 is 0.765 bits per heavy atom. The molecule has 0 aromatic heterocycles. The van der Waals surface area contributed by atoms with Crippen molar-refractivity contribution in [1.29, 1.82) is 0 Å². The van der Waals surface area contributed by atoms with Gasteiger partial charge in [0.1, 0.15) is 16.5 Å². The summed E-state index contributed by atoms with van der Waals surface area (Å²) < 4.78 is 9.98. The van der Waals surface area contributed by atoms with E-state index in [2.05, 4.69) is 39.3 Å². The molecule has 0 bridgehead atoms. The fourth-order valence-corrected chi connectivity index (χ4v) is 0.677. The van der Waals surface area contributed by atoms with Gasteiger partial charge in [-0.1, -0.05) is 39.3 Å². The summed E-state index contributed by atoms with van der Waals surface area (Å²) >= 11 is 0. The first kappa shape index (κ1) is 22.7.